The van der Waals surface area contributed by atoms with Gasteiger partial charge in [-0.1, -0.05) is 65.9 Å². The van der Waals surface area contributed by atoms with E-state index in [0.717, 1.165) is 16.7 Å². The van der Waals surface area contributed by atoms with Crippen molar-refractivity contribution in [2.45, 2.75) is 13.8 Å². The number of carbonyl (C=O) groups is 1. The molecule has 1 nitrogen and oxygen atoms in total. The molecule has 2 aromatic carbocycles. The highest BCUT2D eigenvalue weighted by atomic mass is 16.1. The fourth-order valence-electron chi connectivity index (χ4n) is 1.89. The van der Waals surface area contributed by atoms with Crippen molar-refractivity contribution in [1.29, 1.82) is 0 Å². The average Bonchev–Trinajstić information content (AvgIpc) is 2.52. The van der Waals surface area contributed by atoms with E-state index < -0.39 is 0 Å². The van der Waals surface area contributed by atoms with E-state index in [0.29, 0.717) is 5.57 Å². The Labute approximate surface area is 132 Å². The smallest absolute Gasteiger partial charge is 0.194 e. The summed E-state index contributed by atoms with van der Waals surface area (Å²) in [6.07, 6.45) is 3.45. The lowest BCUT2D eigenvalue weighted by atomic mass is 10.0. The molecule has 0 aromatic heterocycles. The van der Waals surface area contributed by atoms with Crippen LogP contribution < -0.4 is 0 Å². The van der Waals surface area contributed by atoms with Gasteiger partial charge in [-0.05, 0) is 43.7 Å². The van der Waals surface area contributed by atoms with Gasteiger partial charge in [-0.2, -0.15) is 0 Å². The van der Waals surface area contributed by atoms with Crippen LogP contribution in [0.1, 0.15) is 25.0 Å². The third-order valence-electron chi connectivity index (χ3n) is 2.91. The Bertz CT molecular complexity index is 750. The van der Waals surface area contributed by atoms with E-state index in [4.69, 9.17) is 0 Å². The van der Waals surface area contributed by atoms with Crippen LogP contribution in [0.2, 0.25) is 0 Å². The monoisotopic (exact) mass is 286 g/mol. The van der Waals surface area contributed by atoms with Crippen molar-refractivity contribution in [2.24, 2.45) is 0 Å². The van der Waals surface area contributed by atoms with E-state index in [2.05, 4.69) is 11.8 Å². The highest BCUT2D eigenvalue weighted by molar-refractivity contribution is 6.10. The number of benzene rings is 2. The molecule has 2 aromatic rings. The first kappa shape index (κ1) is 15.5. The van der Waals surface area contributed by atoms with Gasteiger partial charge in [0.15, 0.2) is 5.78 Å². The summed E-state index contributed by atoms with van der Waals surface area (Å²) in [5.41, 5.74) is 3.32. The van der Waals surface area contributed by atoms with Gasteiger partial charge >= 0.3 is 0 Å². The fraction of sp³-hybridized carbons (Fsp3) is 0.0952. The molecule has 0 aliphatic heterocycles. The normalized spacial score (nSPS) is 10.4. The fourth-order valence-corrected chi connectivity index (χ4v) is 1.89. The van der Waals surface area contributed by atoms with Crippen LogP contribution in [0.3, 0.4) is 0 Å². The maximum absolute atomic E-state index is 12.3. The summed E-state index contributed by atoms with van der Waals surface area (Å²) in [5, 5.41) is 0. The van der Waals surface area contributed by atoms with E-state index >= 15 is 0 Å². The summed E-state index contributed by atoms with van der Waals surface area (Å²) >= 11 is 0. The zero-order valence-corrected chi connectivity index (χ0v) is 12.8. The molecule has 0 saturated heterocycles. The van der Waals surface area contributed by atoms with Crippen LogP contribution in [-0.2, 0) is 4.79 Å². The SMILES string of the molecule is CC(C)=CC(=O)/C(C#Cc1ccccc1)=C/c1ccccc1. The minimum atomic E-state index is -0.0627. The van der Waals surface area contributed by atoms with Crippen LogP contribution >= 0.6 is 0 Å². The lowest BCUT2D eigenvalue weighted by Gasteiger charge is -1.97. The standard InChI is InChI=1S/C21H18O/c1-17(2)15-21(22)20(16-19-11-7-4-8-12-19)14-13-18-9-5-3-6-10-18/h3-12,15-16H,1-2H3/b20-16+. The Balaban J connectivity index is 2.39. The molecule has 1 heteroatoms. The Morgan fingerprint density at radius 3 is 2.09 bits per heavy atom. The summed E-state index contributed by atoms with van der Waals surface area (Å²) in [5.74, 6) is 5.99. The third kappa shape index (κ3) is 4.92. The molecule has 0 spiro atoms. The Morgan fingerprint density at radius 1 is 0.909 bits per heavy atom. The number of allylic oxidation sites excluding steroid dienone is 3. The predicted molar refractivity (Wildman–Crippen MR) is 92.2 cm³/mol. The molecule has 0 atom stereocenters. The number of hydrogen-bond donors (Lipinski definition) is 0. The number of carbonyl (C=O) groups excluding carboxylic acids is 1. The zero-order valence-electron chi connectivity index (χ0n) is 12.8. The summed E-state index contributed by atoms with van der Waals surface area (Å²) in [6, 6.07) is 19.4. The molecule has 0 amide bonds. The average molecular weight is 286 g/mol. The molecule has 0 aliphatic rings. The molecule has 0 fully saturated rings. The number of ketones is 1. The van der Waals surface area contributed by atoms with Crippen LogP contribution in [0.25, 0.3) is 6.08 Å². The topological polar surface area (TPSA) is 17.1 Å². The first-order chi connectivity index (χ1) is 10.6. The minimum Gasteiger partial charge on any atom is -0.289 e. The summed E-state index contributed by atoms with van der Waals surface area (Å²) in [4.78, 5) is 12.3. The second-order valence-electron chi connectivity index (χ2n) is 5.17. The first-order valence-electron chi connectivity index (χ1n) is 7.18. The van der Waals surface area contributed by atoms with Crippen LogP contribution in [0.15, 0.2) is 77.9 Å². The van der Waals surface area contributed by atoms with Gasteiger partial charge in [0.2, 0.25) is 0 Å². The Hall–Kier alpha value is -2.85. The summed E-state index contributed by atoms with van der Waals surface area (Å²) < 4.78 is 0. The Morgan fingerprint density at radius 2 is 1.50 bits per heavy atom. The molecule has 0 bridgehead atoms. The van der Waals surface area contributed by atoms with Crippen molar-refractivity contribution in [3.05, 3.63) is 89.0 Å². The van der Waals surface area contributed by atoms with Gasteiger partial charge in [0.1, 0.15) is 0 Å². The highest BCUT2D eigenvalue weighted by Gasteiger charge is 2.04. The van der Waals surface area contributed by atoms with Crippen molar-refractivity contribution < 1.29 is 4.79 Å². The van der Waals surface area contributed by atoms with Gasteiger partial charge in [0.05, 0.1) is 5.57 Å². The van der Waals surface area contributed by atoms with E-state index in [-0.39, 0.29) is 5.78 Å². The predicted octanol–water partition coefficient (Wildman–Crippen LogP) is 4.66. The van der Waals surface area contributed by atoms with Crippen LogP contribution in [-0.4, -0.2) is 5.78 Å². The molecule has 0 radical (unpaired) electrons. The van der Waals surface area contributed by atoms with E-state index in [9.17, 15) is 4.79 Å². The van der Waals surface area contributed by atoms with Crippen molar-refractivity contribution >= 4 is 11.9 Å². The van der Waals surface area contributed by atoms with Gasteiger partial charge in [-0.25, -0.2) is 0 Å². The van der Waals surface area contributed by atoms with Crippen molar-refractivity contribution in [1.82, 2.24) is 0 Å². The number of rotatable bonds is 3. The lowest BCUT2D eigenvalue weighted by Crippen LogP contribution is -1.97. The van der Waals surface area contributed by atoms with Crippen molar-refractivity contribution in [3.63, 3.8) is 0 Å². The Kier molecular flexibility index (Phi) is 5.51. The van der Waals surface area contributed by atoms with Crippen LogP contribution in [0.4, 0.5) is 0 Å². The molecule has 0 saturated carbocycles. The molecule has 22 heavy (non-hydrogen) atoms. The van der Waals surface area contributed by atoms with Crippen LogP contribution in [0, 0.1) is 11.8 Å². The maximum atomic E-state index is 12.3. The van der Waals surface area contributed by atoms with Gasteiger partial charge in [0.25, 0.3) is 0 Å². The summed E-state index contributed by atoms with van der Waals surface area (Å²) in [6.45, 7) is 3.81. The first-order valence-corrected chi connectivity index (χ1v) is 7.18. The molecule has 0 heterocycles. The molecule has 2 rings (SSSR count). The largest absolute Gasteiger partial charge is 0.289 e. The minimum absolute atomic E-state index is 0.0627. The molecule has 0 aliphatic carbocycles. The van der Waals surface area contributed by atoms with Gasteiger partial charge in [0, 0.05) is 5.56 Å². The number of hydrogen-bond acceptors (Lipinski definition) is 1. The second kappa shape index (κ2) is 7.81. The van der Waals surface area contributed by atoms with E-state index in [1.807, 2.05) is 80.6 Å². The zero-order chi connectivity index (χ0) is 15.8. The second-order valence-corrected chi connectivity index (χ2v) is 5.17. The quantitative estimate of drug-likeness (QED) is 0.592. The van der Waals surface area contributed by atoms with Crippen molar-refractivity contribution in [3.8, 4) is 11.8 Å². The van der Waals surface area contributed by atoms with Gasteiger partial charge < -0.3 is 0 Å². The van der Waals surface area contributed by atoms with Crippen molar-refractivity contribution in [2.75, 3.05) is 0 Å². The van der Waals surface area contributed by atoms with E-state index in [1.165, 1.54) is 0 Å². The van der Waals surface area contributed by atoms with Crippen LogP contribution in [0.5, 0.6) is 0 Å². The molecule has 0 N–H and O–H groups in total. The molecular formula is C21H18O. The van der Waals surface area contributed by atoms with E-state index in [1.54, 1.807) is 6.08 Å². The maximum Gasteiger partial charge on any atom is 0.194 e. The molecular weight excluding hydrogens is 268 g/mol. The third-order valence-corrected chi connectivity index (χ3v) is 2.91. The summed E-state index contributed by atoms with van der Waals surface area (Å²) in [7, 11) is 0. The molecule has 108 valence electrons. The highest BCUT2D eigenvalue weighted by Crippen LogP contribution is 2.09. The van der Waals surface area contributed by atoms with Gasteiger partial charge in [-0.3, -0.25) is 4.79 Å². The molecule has 0 unspecified atom stereocenters. The van der Waals surface area contributed by atoms with Gasteiger partial charge in [-0.15, -0.1) is 0 Å². The lowest BCUT2D eigenvalue weighted by molar-refractivity contribution is -0.110.